The van der Waals surface area contributed by atoms with Gasteiger partial charge in [0, 0.05) is 12.1 Å². The third-order valence-electron chi connectivity index (χ3n) is 3.97. The minimum absolute atomic E-state index is 0.207. The van der Waals surface area contributed by atoms with E-state index in [4.69, 9.17) is 0 Å². The van der Waals surface area contributed by atoms with Crippen LogP contribution in [-0.2, 0) is 6.54 Å². The van der Waals surface area contributed by atoms with Crippen molar-refractivity contribution < 1.29 is 9.18 Å². The highest BCUT2D eigenvalue weighted by atomic mass is 19.1. The van der Waals surface area contributed by atoms with Gasteiger partial charge in [0.05, 0.1) is 22.1 Å². The largest absolute Gasteiger partial charge is 0.348 e. The van der Waals surface area contributed by atoms with E-state index in [2.05, 4.69) is 15.3 Å². The first-order valence-corrected chi connectivity index (χ1v) is 7.88. The number of hydrogen-bond donors (Lipinski definition) is 1. The Morgan fingerprint density at radius 3 is 2.20 bits per heavy atom. The first kappa shape index (κ1) is 15.2. The number of halogens is 1. The van der Waals surface area contributed by atoms with Crippen molar-refractivity contribution in [1.29, 1.82) is 0 Å². The minimum Gasteiger partial charge on any atom is -0.348 e. The zero-order valence-electron chi connectivity index (χ0n) is 13.2. The van der Waals surface area contributed by atoms with E-state index in [-0.39, 0.29) is 11.7 Å². The van der Waals surface area contributed by atoms with Gasteiger partial charge < -0.3 is 5.32 Å². The molecule has 0 bridgehead atoms. The molecule has 0 aliphatic heterocycles. The smallest absolute Gasteiger partial charge is 0.251 e. The standard InChI is InChI=1S/C20H14FN3O/c21-15-8-5-13(6-9-15)12-22-20(25)14-7-10-18-19(11-14)24-17-4-2-1-3-16(17)23-18/h1-11H,12H2,(H,22,25). The molecule has 4 rings (SSSR count). The van der Waals surface area contributed by atoms with Gasteiger partial charge in [0.2, 0.25) is 0 Å². The van der Waals surface area contributed by atoms with Crippen LogP contribution in [0.25, 0.3) is 22.1 Å². The lowest BCUT2D eigenvalue weighted by molar-refractivity contribution is 0.0951. The van der Waals surface area contributed by atoms with Crippen LogP contribution >= 0.6 is 0 Å². The molecule has 1 heterocycles. The van der Waals surface area contributed by atoms with E-state index < -0.39 is 0 Å². The molecule has 4 aromatic rings. The number of nitrogens with zero attached hydrogens (tertiary/aromatic N) is 2. The molecular formula is C20H14FN3O. The Balaban J connectivity index is 1.58. The second-order valence-corrected chi connectivity index (χ2v) is 5.72. The van der Waals surface area contributed by atoms with Crippen molar-refractivity contribution >= 4 is 28.0 Å². The average Bonchev–Trinajstić information content (AvgIpc) is 2.65. The van der Waals surface area contributed by atoms with Gasteiger partial charge >= 0.3 is 0 Å². The van der Waals surface area contributed by atoms with Crippen molar-refractivity contribution in [3.05, 3.63) is 83.7 Å². The molecule has 3 aromatic carbocycles. The molecule has 0 saturated heterocycles. The van der Waals surface area contributed by atoms with Crippen LogP contribution in [0.2, 0.25) is 0 Å². The number of para-hydroxylation sites is 2. The highest BCUT2D eigenvalue weighted by Gasteiger charge is 2.08. The summed E-state index contributed by atoms with van der Waals surface area (Å²) in [6.45, 7) is 0.334. The molecule has 122 valence electrons. The summed E-state index contributed by atoms with van der Waals surface area (Å²) in [5, 5.41) is 2.83. The summed E-state index contributed by atoms with van der Waals surface area (Å²) in [4.78, 5) is 21.5. The summed E-state index contributed by atoms with van der Waals surface area (Å²) >= 11 is 0. The fourth-order valence-electron chi connectivity index (χ4n) is 2.65. The summed E-state index contributed by atoms with van der Waals surface area (Å²) < 4.78 is 12.9. The monoisotopic (exact) mass is 331 g/mol. The maximum Gasteiger partial charge on any atom is 0.251 e. The molecule has 5 heteroatoms. The Kier molecular flexibility index (Phi) is 3.82. The number of carbonyl (C=O) groups excluding carboxylic acids is 1. The quantitative estimate of drug-likeness (QED) is 0.580. The normalized spacial score (nSPS) is 10.9. The third kappa shape index (κ3) is 3.17. The maximum absolute atomic E-state index is 12.9. The number of rotatable bonds is 3. The van der Waals surface area contributed by atoms with Crippen LogP contribution in [0.5, 0.6) is 0 Å². The summed E-state index contributed by atoms with van der Waals surface area (Å²) in [5.41, 5.74) is 4.38. The Hall–Kier alpha value is -3.34. The maximum atomic E-state index is 12.9. The molecule has 25 heavy (non-hydrogen) atoms. The molecule has 0 radical (unpaired) electrons. The second-order valence-electron chi connectivity index (χ2n) is 5.72. The Labute approximate surface area is 143 Å². The van der Waals surface area contributed by atoms with Gasteiger partial charge in [0.1, 0.15) is 5.82 Å². The number of aromatic nitrogens is 2. The van der Waals surface area contributed by atoms with Gasteiger partial charge in [-0.25, -0.2) is 14.4 Å². The fourth-order valence-corrected chi connectivity index (χ4v) is 2.65. The SMILES string of the molecule is O=C(NCc1ccc(F)cc1)c1ccc2nc3ccccc3nc2c1. The second kappa shape index (κ2) is 6.28. The van der Waals surface area contributed by atoms with Gasteiger partial charge in [-0.05, 0) is 48.0 Å². The molecule has 1 N–H and O–H groups in total. The summed E-state index contributed by atoms with van der Waals surface area (Å²) in [5.74, 6) is -0.503. The topological polar surface area (TPSA) is 54.9 Å². The lowest BCUT2D eigenvalue weighted by Crippen LogP contribution is -2.22. The van der Waals surface area contributed by atoms with Crippen molar-refractivity contribution in [2.24, 2.45) is 0 Å². The first-order chi connectivity index (χ1) is 12.2. The highest BCUT2D eigenvalue weighted by Crippen LogP contribution is 2.17. The van der Waals surface area contributed by atoms with Crippen LogP contribution in [-0.4, -0.2) is 15.9 Å². The van der Waals surface area contributed by atoms with Gasteiger partial charge in [-0.1, -0.05) is 24.3 Å². The molecule has 0 aliphatic carbocycles. The number of nitrogens with one attached hydrogen (secondary N) is 1. The number of fused-ring (bicyclic) bond motifs is 2. The molecule has 0 saturated carbocycles. The van der Waals surface area contributed by atoms with Crippen molar-refractivity contribution in [3.63, 3.8) is 0 Å². The predicted octanol–water partition coefficient (Wildman–Crippen LogP) is 3.85. The van der Waals surface area contributed by atoms with Gasteiger partial charge in [-0.3, -0.25) is 4.79 Å². The molecule has 0 aliphatic rings. The van der Waals surface area contributed by atoms with E-state index in [1.165, 1.54) is 12.1 Å². The summed E-state index contributed by atoms with van der Waals surface area (Å²) in [7, 11) is 0. The third-order valence-corrected chi connectivity index (χ3v) is 3.97. The molecule has 1 amide bonds. The lowest BCUT2D eigenvalue weighted by atomic mass is 10.1. The van der Waals surface area contributed by atoms with Crippen molar-refractivity contribution in [3.8, 4) is 0 Å². The Morgan fingerprint density at radius 2 is 1.48 bits per heavy atom. The van der Waals surface area contributed by atoms with Crippen LogP contribution in [0.4, 0.5) is 4.39 Å². The van der Waals surface area contributed by atoms with Gasteiger partial charge in [0.15, 0.2) is 0 Å². The van der Waals surface area contributed by atoms with E-state index in [1.54, 1.807) is 30.3 Å². The van der Waals surface area contributed by atoms with Crippen molar-refractivity contribution in [1.82, 2.24) is 15.3 Å². The number of hydrogen-bond acceptors (Lipinski definition) is 3. The van der Waals surface area contributed by atoms with E-state index >= 15 is 0 Å². The molecule has 0 atom stereocenters. The van der Waals surface area contributed by atoms with Crippen molar-refractivity contribution in [2.45, 2.75) is 6.54 Å². The average molecular weight is 331 g/mol. The van der Waals surface area contributed by atoms with Crippen molar-refractivity contribution in [2.75, 3.05) is 0 Å². The zero-order valence-corrected chi connectivity index (χ0v) is 13.2. The number of amides is 1. The fraction of sp³-hybridized carbons (Fsp3) is 0.0500. The van der Waals surface area contributed by atoms with E-state index in [0.717, 1.165) is 22.1 Å². The van der Waals surface area contributed by atoms with Crippen LogP contribution in [0.3, 0.4) is 0 Å². The number of carbonyl (C=O) groups is 1. The van der Waals surface area contributed by atoms with Crippen LogP contribution < -0.4 is 5.32 Å². The first-order valence-electron chi connectivity index (χ1n) is 7.88. The zero-order chi connectivity index (χ0) is 17.2. The Morgan fingerprint density at radius 1 is 0.840 bits per heavy atom. The molecule has 0 spiro atoms. The van der Waals surface area contributed by atoms with Gasteiger partial charge in [-0.2, -0.15) is 0 Å². The van der Waals surface area contributed by atoms with Crippen LogP contribution in [0, 0.1) is 5.82 Å². The Bertz CT molecular complexity index is 1080. The van der Waals surface area contributed by atoms with Gasteiger partial charge in [-0.15, -0.1) is 0 Å². The van der Waals surface area contributed by atoms with Crippen LogP contribution in [0.1, 0.15) is 15.9 Å². The lowest BCUT2D eigenvalue weighted by Gasteiger charge is -2.07. The summed E-state index contributed by atoms with van der Waals surface area (Å²) in [6, 6.07) is 18.9. The molecule has 1 aromatic heterocycles. The summed E-state index contributed by atoms with van der Waals surface area (Å²) in [6.07, 6.45) is 0. The predicted molar refractivity (Wildman–Crippen MR) is 94.6 cm³/mol. The number of benzene rings is 3. The van der Waals surface area contributed by atoms with E-state index in [9.17, 15) is 9.18 Å². The molecule has 4 nitrogen and oxygen atoms in total. The molecular weight excluding hydrogens is 317 g/mol. The van der Waals surface area contributed by atoms with E-state index in [1.807, 2.05) is 24.3 Å². The van der Waals surface area contributed by atoms with Gasteiger partial charge in [0.25, 0.3) is 5.91 Å². The highest BCUT2D eigenvalue weighted by molar-refractivity contribution is 5.98. The van der Waals surface area contributed by atoms with E-state index in [0.29, 0.717) is 17.6 Å². The minimum atomic E-state index is -0.296. The molecule has 0 unspecified atom stereocenters. The van der Waals surface area contributed by atoms with Crippen LogP contribution in [0.15, 0.2) is 66.7 Å². The molecule has 0 fully saturated rings.